The highest BCUT2D eigenvalue weighted by atomic mass is 19.3. The van der Waals surface area contributed by atoms with Crippen LogP contribution in [0, 0.1) is 11.7 Å². The van der Waals surface area contributed by atoms with E-state index in [1.54, 1.807) is 0 Å². The van der Waals surface area contributed by atoms with Crippen molar-refractivity contribution in [3.05, 3.63) is 30.1 Å². The van der Waals surface area contributed by atoms with Gasteiger partial charge in [-0.25, -0.2) is 13.2 Å². The summed E-state index contributed by atoms with van der Waals surface area (Å²) in [6, 6.07) is 5.31. The Kier molecular flexibility index (Phi) is 3.09. The summed E-state index contributed by atoms with van der Waals surface area (Å²) in [6.07, 6.45) is 0.147. The Labute approximate surface area is 96.8 Å². The summed E-state index contributed by atoms with van der Waals surface area (Å²) in [5, 5.41) is 2.53. The lowest BCUT2D eigenvalue weighted by Crippen LogP contribution is -2.12. The lowest BCUT2D eigenvalue weighted by molar-refractivity contribution is -0.116. The van der Waals surface area contributed by atoms with E-state index in [9.17, 15) is 18.0 Å². The summed E-state index contributed by atoms with van der Waals surface area (Å²) in [4.78, 5) is 11.4. The number of hydrogen-bond acceptors (Lipinski definition) is 1. The quantitative estimate of drug-likeness (QED) is 0.864. The van der Waals surface area contributed by atoms with Crippen LogP contribution in [0.25, 0.3) is 0 Å². The van der Waals surface area contributed by atoms with Gasteiger partial charge in [-0.15, -0.1) is 0 Å². The maximum absolute atomic E-state index is 12.6. The zero-order chi connectivity index (χ0) is 12.5. The molecule has 0 bridgehead atoms. The van der Waals surface area contributed by atoms with E-state index in [2.05, 4.69) is 5.32 Å². The molecule has 1 atom stereocenters. The highest BCUT2D eigenvalue weighted by Gasteiger charge is 2.56. The Morgan fingerprint density at radius 3 is 2.47 bits per heavy atom. The summed E-state index contributed by atoms with van der Waals surface area (Å²) < 4.78 is 37.7. The molecule has 0 spiro atoms. The van der Waals surface area contributed by atoms with Gasteiger partial charge < -0.3 is 5.32 Å². The normalized spacial score (nSPS) is 21.0. The number of carbonyl (C=O) groups excluding carboxylic acids is 1. The fourth-order valence-corrected chi connectivity index (χ4v) is 1.64. The number of carbonyl (C=O) groups is 1. The van der Waals surface area contributed by atoms with Gasteiger partial charge in [-0.1, -0.05) is 0 Å². The Balaban J connectivity index is 1.76. The minimum Gasteiger partial charge on any atom is -0.326 e. The minimum atomic E-state index is -2.57. The molecule has 1 saturated carbocycles. The zero-order valence-electron chi connectivity index (χ0n) is 9.05. The van der Waals surface area contributed by atoms with Crippen LogP contribution in [0.3, 0.4) is 0 Å². The van der Waals surface area contributed by atoms with Crippen molar-refractivity contribution >= 4 is 11.6 Å². The molecule has 0 aliphatic heterocycles. The second-order valence-electron chi connectivity index (χ2n) is 4.26. The van der Waals surface area contributed by atoms with Gasteiger partial charge in [-0.3, -0.25) is 4.79 Å². The largest absolute Gasteiger partial charge is 0.326 e. The first-order chi connectivity index (χ1) is 7.97. The van der Waals surface area contributed by atoms with Gasteiger partial charge in [0.25, 0.3) is 5.92 Å². The molecule has 2 rings (SSSR count). The standard InChI is InChI=1S/C12H12F3NO/c13-9-2-4-10(5-3-9)16-11(17)6-1-8-7-12(8,14)15/h2-5,8H,1,6-7H2,(H,16,17). The SMILES string of the molecule is O=C(CCC1CC1(F)F)Nc1ccc(F)cc1. The molecule has 1 aliphatic carbocycles. The van der Waals surface area contributed by atoms with E-state index in [4.69, 9.17) is 0 Å². The van der Waals surface area contributed by atoms with Crippen molar-refractivity contribution in [1.82, 2.24) is 0 Å². The lowest BCUT2D eigenvalue weighted by atomic mass is 10.2. The van der Waals surface area contributed by atoms with Crippen LogP contribution >= 0.6 is 0 Å². The molecular formula is C12H12F3NO. The van der Waals surface area contributed by atoms with Crippen molar-refractivity contribution in [1.29, 1.82) is 0 Å². The monoisotopic (exact) mass is 243 g/mol. The molecule has 5 heteroatoms. The number of anilines is 1. The third kappa shape index (κ3) is 3.22. The first-order valence-corrected chi connectivity index (χ1v) is 5.40. The second-order valence-corrected chi connectivity index (χ2v) is 4.26. The Morgan fingerprint density at radius 1 is 1.35 bits per heavy atom. The molecule has 1 aromatic rings. The van der Waals surface area contributed by atoms with E-state index in [0.717, 1.165) is 0 Å². The summed E-state index contributed by atoms with van der Waals surface area (Å²) in [6.45, 7) is 0. The fourth-order valence-electron chi connectivity index (χ4n) is 1.64. The van der Waals surface area contributed by atoms with Gasteiger partial charge in [-0.05, 0) is 30.7 Å². The topological polar surface area (TPSA) is 29.1 Å². The number of hydrogen-bond donors (Lipinski definition) is 1. The van der Waals surface area contributed by atoms with Gasteiger partial charge in [-0.2, -0.15) is 0 Å². The Hall–Kier alpha value is -1.52. The maximum atomic E-state index is 12.6. The van der Waals surface area contributed by atoms with Crippen molar-refractivity contribution in [3.63, 3.8) is 0 Å². The molecule has 1 N–H and O–H groups in total. The number of alkyl halides is 2. The molecule has 0 saturated heterocycles. The summed E-state index contributed by atoms with van der Waals surface area (Å²) in [5.41, 5.74) is 0.471. The molecule has 1 aromatic carbocycles. The first-order valence-electron chi connectivity index (χ1n) is 5.40. The van der Waals surface area contributed by atoms with Crippen LogP contribution in [-0.2, 0) is 4.79 Å². The average molecular weight is 243 g/mol. The van der Waals surface area contributed by atoms with Crippen LogP contribution in [0.2, 0.25) is 0 Å². The van der Waals surface area contributed by atoms with Crippen molar-refractivity contribution in [2.24, 2.45) is 5.92 Å². The average Bonchev–Trinajstić information content (AvgIpc) is 2.87. The molecule has 1 fully saturated rings. The third-order valence-electron chi connectivity index (χ3n) is 2.80. The van der Waals surface area contributed by atoms with Crippen LogP contribution in [0.15, 0.2) is 24.3 Å². The predicted molar refractivity (Wildman–Crippen MR) is 57.3 cm³/mol. The maximum Gasteiger partial charge on any atom is 0.251 e. The van der Waals surface area contributed by atoms with Gasteiger partial charge in [0.15, 0.2) is 0 Å². The van der Waals surface area contributed by atoms with E-state index in [1.165, 1.54) is 24.3 Å². The van der Waals surface area contributed by atoms with Crippen molar-refractivity contribution in [2.75, 3.05) is 5.32 Å². The van der Waals surface area contributed by atoms with E-state index in [-0.39, 0.29) is 31.0 Å². The molecule has 1 amide bonds. The molecule has 0 heterocycles. The zero-order valence-corrected chi connectivity index (χ0v) is 9.05. The van der Waals surface area contributed by atoms with Crippen molar-refractivity contribution < 1.29 is 18.0 Å². The van der Waals surface area contributed by atoms with Crippen LogP contribution in [0.1, 0.15) is 19.3 Å². The summed E-state index contributed by atoms with van der Waals surface area (Å²) in [7, 11) is 0. The molecule has 1 unspecified atom stereocenters. The molecule has 92 valence electrons. The van der Waals surface area contributed by atoms with Gasteiger partial charge >= 0.3 is 0 Å². The second kappa shape index (κ2) is 4.39. The van der Waals surface area contributed by atoms with Crippen LogP contribution in [-0.4, -0.2) is 11.8 Å². The number of halogens is 3. The van der Waals surface area contributed by atoms with Gasteiger partial charge in [0.05, 0.1) is 0 Å². The smallest absolute Gasteiger partial charge is 0.251 e. The van der Waals surface area contributed by atoms with E-state index in [1.807, 2.05) is 0 Å². The molecule has 1 aliphatic rings. The van der Waals surface area contributed by atoms with E-state index >= 15 is 0 Å². The first kappa shape index (κ1) is 12.0. The van der Waals surface area contributed by atoms with Crippen molar-refractivity contribution in [3.8, 4) is 0 Å². The molecule has 17 heavy (non-hydrogen) atoms. The van der Waals surface area contributed by atoms with Crippen LogP contribution in [0.5, 0.6) is 0 Å². The van der Waals surface area contributed by atoms with Crippen LogP contribution in [0.4, 0.5) is 18.9 Å². The van der Waals surface area contributed by atoms with Gasteiger partial charge in [0.2, 0.25) is 5.91 Å². The molecule has 2 nitrogen and oxygen atoms in total. The molecule has 0 aromatic heterocycles. The van der Waals surface area contributed by atoms with Crippen LogP contribution < -0.4 is 5.32 Å². The van der Waals surface area contributed by atoms with Crippen molar-refractivity contribution in [2.45, 2.75) is 25.2 Å². The summed E-state index contributed by atoms with van der Waals surface area (Å²) in [5.74, 6) is -3.93. The molecule has 0 radical (unpaired) electrons. The number of amides is 1. The van der Waals surface area contributed by atoms with E-state index < -0.39 is 11.8 Å². The highest BCUT2D eigenvalue weighted by molar-refractivity contribution is 5.90. The Bertz CT molecular complexity index is 416. The minimum absolute atomic E-state index is 0.0671. The predicted octanol–water partition coefficient (Wildman–Crippen LogP) is 3.20. The summed E-state index contributed by atoms with van der Waals surface area (Å²) >= 11 is 0. The lowest BCUT2D eigenvalue weighted by Gasteiger charge is -2.04. The van der Waals surface area contributed by atoms with Gasteiger partial charge in [0, 0.05) is 24.4 Å². The highest BCUT2D eigenvalue weighted by Crippen LogP contribution is 2.51. The van der Waals surface area contributed by atoms with E-state index in [0.29, 0.717) is 5.69 Å². The number of benzene rings is 1. The number of nitrogens with one attached hydrogen (secondary N) is 1. The third-order valence-corrected chi connectivity index (χ3v) is 2.80. The fraction of sp³-hybridized carbons (Fsp3) is 0.417. The Morgan fingerprint density at radius 2 is 1.94 bits per heavy atom. The van der Waals surface area contributed by atoms with Gasteiger partial charge in [0.1, 0.15) is 5.82 Å². The molecular weight excluding hydrogens is 231 g/mol. The number of rotatable bonds is 4.